The molecule has 0 spiro atoms. The second-order valence-corrected chi connectivity index (χ2v) is 7.37. The fourth-order valence-corrected chi connectivity index (χ4v) is 2.94. The summed E-state index contributed by atoms with van der Waals surface area (Å²) in [5.74, 6) is -1.85. The van der Waals surface area contributed by atoms with Gasteiger partial charge in [0.25, 0.3) is 0 Å². The summed E-state index contributed by atoms with van der Waals surface area (Å²) in [4.78, 5) is 22.9. The molecule has 0 radical (unpaired) electrons. The molecule has 0 heterocycles. The van der Waals surface area contributed by atoms with E-state index in [0.29, 0.717) is 4.47 Å². The Bertz CT molecular complexity index is 587. The molecule has 22 heavy (non-hydrogen) atoms. The first-order chi connectivity index (χ1) is 9.99. The summed E-state index contributed by atoms with van der Waals surface area (Å²) in [7, 11) is 0. The van der Waals surface area contributed by atoms with Gasteiger partial charge in [0.05, 0.1) is 4.47 Å². The van der Waals surface area contributed by atoms with Crippen LogP contribution in [0.5, 0.6) is 0 Å². The van der Waals surface area contributed by atoms with Crippen molar-refractivity contribution in [3.05, 3.63) is 32.5 Å². The molecule has 0 aliphatic carbocycles. The molecule has 1 aromatic rings. The maximum Gasteiger partial charge on any atom is 0.408 e. The Balaban J connectivity index is 2.90. The van der Waals surface area contributed by atoms with E-state index in [1.807, 2.05) is 0 Å². The molecule has 2 N–H and O–H groups in total. The molecular weight excluding hydrogens is 425 g/mol. The molecule has 0 saturated heterocycles. The van der Waals surface area contributed by atoms with Crippen LogP contribution in [0.3, 0.4) is 0 Å². The summed E-state index contributed by atoms with van der Waals surface area (Å²) in [5, 5.41) is 11.4. The van der Waals surface area contributed by atoms with Crippen LogP contribution in [0.4, 0.5) is 9.18 Å². The van der Waals surface area contributed by atoms with Gasteiger partial charge in [0.15, 0.2) is 0 Å². The highest BCUT2D eigenvalue weighted by Crippen LogP contribution is 2.25. The molecule has 1 unspecified atom stereocenters. The van der Waals surface area contributed by atoms with Crippen LogP contribution >= 0.6 is 31.9 Å². The quantitative estimate of drug-likeness (QED) is 0.696. The second-order valence-electron chi connectivity index (χ2n) is 5.60. The number of carboxylic acids is 1. The summed E-state index contributed by atoms with van der Waals surface area (Å²) in [6, 6.07) is 1.67. The molecule has 1 aromatic carbocycles. The third-order valence-corrected chi connectivity index (χ3v) is 3.52. The van der Waals surface area contributed by atoms with Gasteiger partial charge in [-0.2, -0.15) is 0 Å². The molecule has 0 aromatic heterocycles. The van der Waals surface area contributed by atoms with Crippen LogP contribution < -0.4 is 5.32 Å². The summed E-state index contributed by atoms with van der Waals surface area (Å²) in [6.45, 7) is 4.98. The molecule has 1 amide bonds. The lowest BCUT2D eigenvalue weighted by Gasteiger charge is -2.22. The SMILES string of the molecule is CC(C)(C)OC(=O)NC(Cc1cc(Br)cc(Br)c1F)C(=O)O. The van der Waals surface area contributed by atoms with Gasteiger partial charge in [0.1, 0.15) is 17.5 Å². The van der Waals surface area contributed by atoms with Crippen LogP contribution in [0.25, 0.3) is 0 Å². The average Bonchev–Trinajstić information content (AvgIpc) is 2.31. The van der Waals surface area contributed by atoms with Crippen molar-refractivity contribution in [2.24, 2.45) is 0 Å². The van der Waals surface area contributed by atoms with E-state index in [9.17, 15) is 19.1 Å². The number of carboxylic acid groups (broad SMARTS) is 1. The smallest absolute Gasteiger partial charge is 0.408 e. The first kappa shape index (κ1) is 18.9. The number of rotatable bonds is 4. The number of ether oxygens (including phenoxy) is 1. The van der Waals surface area contributed by atoms with E-state index in [4.69, 9.17) is 4.74 Å². The van der Waals surface area contributed by atoms with Crippen molar-refractivity contribution in [3.8, 4) is 0 Å². The zero-order valence-electron chi connectivity index (χ0n) is 12.2. The first-order valence-corrected chi connectivity index (χ1v) is 7.94. The predicted octanol–water partition coefficient (Wildman–Crippen LogP) is 3.87. The van der Waals surface area contributed by atoms with Crippen molar-refractivity contribution in [1.82, 2.24) is 5.32 Å². The Morgan fingerprint density at radius 1 is 1.36 bits per heavy atom. The van der Waals surface area contributed by atoms with E-state index in [1.165, 1.54) is 12.1 Å². The molecule has 122 valence electrons. The number of amides is 1. The molecule has 0 bridgehead atoms. The fourth-order valence-electron chi connectivity index (χ4n) is 1.63. The van der Waals surface area contributed by atoms with Gasteiger partial charge in [0.2, 0.25) is 0 Å². The van der Waals surface area contributed by atoms with Crippen LogP contribution in [0.15, 0.2) is 21.1 Å². The Hall–Kier alpha value is -1.15. The molecule has 0 fully saturated rings. The highest BCUT2D eigenvalue weighted by Gasteiger charge is 2.25. The van der Waals surface area contributed by atoms with E-state index in [0.717, 1.165) is 0 Å². The van der Waals surface area contributed by atoms with E-state index >= 15 is 0 Å². The molecule has 5 nitrogen and oxygen atoms in total. The number of carbonyl (C=O) groups excluding carboxylic acids is 1. The van der Waals surface area contributed by atoms with E-state index in [1.54, 1.807) is 20.8 Å². The molecule has 1 atom stereocenters. The average molecular weight is 441 g/mol. The van der Waals surface area contributed by atoms with Crippen molar-refractivity contribution < 1.29 is 23.8 Å². The minimum Gasteiger partial charge on any atom is -0.480 e. The molecular formula is C14H16Br2FNO4. The van der Waals surface area contributed by atoms with Gasteiger partial charge in [-0.3, -0.25) is 0 Å². The predicted molar refractivity (Wildman–Crippen MR) is 86.3 cm³/mol. The normalized spacial score (nSPS) is 12.6. The molecule has 0 aliphatic heterocycles. The van der Waals surface area contributed by atoms with Crippen molar-refractivity contribution >= 4 is 43.9 Å². The van der Waals surface area contributed by atoms with Gasteiger partial charge in [-0.15, -0.1) is 0 Å². The number of hydrogen-bond donors (Lipinski definition) is 2. The fraction of sp³-hybridized carbons (Fsp3) is 0.429. The van der Waals surface area contributed by atoms with Gasteiger partial charge < -0.3 is 15.2 Å². The summed E-state index contributed by atoms with van der Waals surface area (Å²) < 4.78 is 19.8. The van der Waals surface area contributed by atoms with Gasteiger partial charge in [0, 0.05) is 10.9 Å². The number of carbonyl (C=O) groups is 2. The first-order valence-electron chi connectivity index (χ1n) is 6.35. The van der Waals surface area contributed by atoms with Gasteiger partial charge in [-0.25, -0.2) is 14.0 Å². The number of nitrogens with one attached hydrogen (secondary N) is 1. The molecule has 0 saturated carbocycles. The van der Waals surface area contributed by atoms with Crippen LogP contribution in [0.1, 0.15) is 26.3 Å². The number of hydrogen-bond acceptors (Lipinski definition) is 3. The topological polar surface area (TPSA) is 75.6 Å². The number of aliphatic carboxylic acids is 1. The zero-order valence-corrected chi connectivity index (χ0v) is 15.4. The minimum atomic E-state index is -1.30. The van der Waals surface area contributed by atoms with Crippen LogP contribution in [-0.4, -0.2) is 28.8 Å². The third kappa shape index (κ3) is 5.92. The Morgan fingerprint density at radius 2 is 1.95 bits per heavy atom. The third-order valence-electron chi connectivity index (χ3n) is 2.48. The number of halogens is 3. The summed E-state index contributed by atoms with van der Waals surface area (Å²) in [6.07, 6.45) is -1.08. The van der Waals surface area contributed by atoms with Crippen molar-refractivity contribution in [1.29, 1.82) is 0 Å². The Morgan fingerprint density at radius 3 is 2.45 bits per heavy atom. The van der Waals surface area contributed by atoms with Gasteiger partial charge >= 0.3 is 12.1 Å². The van der Waals surface area contributed by atoms with E-state index in [-0.39, 0.29) is 16.5 Å². The monoisotopic (exact) mass is 439 g/mol. The Labute approximate surface area is 144 Å². The maximum atomic E-state index is 14.0. The van der Waals surface area contributed by atoms with Crippen LogP contribution in [-0.2, 0) is 16.0 Å². The second kappa shape index (κ2) is 7.41. The van der Waals surface area contributed by atoms with E-state index in [2.05, 4.69) is 37.2 Å². The maximum absolute atomic E-state index is 14.0. The van der Waals surface area contributed by atoms with Gasteiger partial charge in [-0.1, -0.05) is 15.9 Å². The van der Waals surface area contributed by atoms with E-state index < -0.39 is 29.5 Å². The molecule has 0 aliphatic rings. The lowest BCUT2D eigenvalue weighted by molar-refractivity contribution is -0.139. The number of alkyl carbamates (subject to hydrolysis) is 1. The van der Waals surface area contributed by atoms with Crippen molar-refractivity contribution in [3.63, 3.8) is 0 Å². The Kier molecular flexibility index (Phi) is 6.37. The van der Waals surface area contributed by atoms with Gasteiger partial charge in [-0.05, 0) is 54.4 Å². The zero-order chi connectivity index (χ0) is 17.1. The lowest BCUT2D eigenvalue weighted by atomic mass is 10.1. The van der Waals surface area contributed by atoms with Crippen LogP contribution in [0, 0.1) is 5.82 Å². The standard InChI is InChI=1S/C14H16Br2FNO4/c1-14(2,3)22-13(21)18-10(12(19)20)5-7-4-8(15)6-9(16)11(7)17/h4,6,10H,5H2,1-3H3,(H,18,21)(H,19,20). The lowest BCUT2D eigenvalue weighted by Crippen LogP contribution is -2.44. The number of benzene rings is 1. The highest BCUT2D eigenvalue weighted by atomic mass is 79.9. The summed E-state index contributed by atoms with van der Waals surface area (Å²) in [5.41, 5.74) is -0.596. The molecule has 8 heteroatoms. The van der Waals surface area contributed by atoms with Crippen molar-refractivity contribution in [2.75, 3.05) is 0 Å². The van der Waals surface area contributed by atoms with Crippen molar-refractivity contribution in [2.45, 2.75) is 38.8 Å². The highest BCUT2D eigenvalue weighted by molar-refractivity contribution is 9.11. The minimum absolute atomic E-state index is 0.157. The van der Waals surface area contributed by atoms with Crippen LogP contribution in [0.2, 0.25) is 0 Å². The molecule has 1 rings (SSSR count). The largest absolute Gasteiger partial charge is 0.480 e. The summed E-state index contributed by atoms with van der Waals surface area (Å²) >= 11 is 6.26.